The third-order valence-electron chi connectivity index (χ3n) is 2.82. The third-order valence-corrected chi connectivity index (χ3v) is 2.82. The van der Waals surface area contributed by atoms with Crippen LogP contribution in [0.4, 0.5) is 0 Å². The number of hydrogen-bond donors (Lipinski definition) is 1. The summed E-state index contributed by atoms with van der Waals surface area (Å²) in [6.07, 6.45) is 1.58. The Balaban J connectivity index is 2.75. The van der Waals surface area contributed by atoms with Crippen LogP contribution in [0.3, 0.4) is 0 Å². The average Bonchev–Trinajstić information content (AvgIpc) is 1.99. The van der Waals surface area contributed by atoms with Gasteiger partial charge >= 0.3 is 0 Å². The van der Waals surface area contributed by atoms with E-state index in [-0.39, 0.29) is 23.3 Å². The summed E-state index contributed by atoms with van der Waals surface area (Å²) in [6, 6.07) is -0.0638. The van der Waals surface area contributed by atoms with E-state index in [0.29, 0.717) is 25.8 Å². The molecule has 0 aromatic carbocycles. The second kappa shape index (κ2) is 4.31. The van der Waals surface area contributed by atoms with Gasteiger partial charge in [-0.05, 0) is 25.3 Å². The van der Waals surface area contributed by atoms with Crippen molar-refractivity contribution in [3.8, 4) is 0 Å². The van der Waals surface area contributed by atoms with Gasteiger partial charge in [0, 0.05) is 18.9 Å². The Morgan fingerprint density at radius 1 is 1.33 bits per heavy atom. The van der Waals surface area contributed by atoms with Crippen molar-refractivity contribution < 1.29 is 9.59 Å². The highest BCUT2D eigenvalue weighted by Crippen LogP contribution is 2.32. The van der Waals surface area contributed by atoms with Crippen LogP contribution in [-0.4, -0.2) is 29.3 Å². The first-order valence-corrected chi connectivity index (χ1v) is 5.42. The van der Waals surface area contributed by atoms with E-state index < -0.39 is 0 Å². The van der Waals surface area contributed by atoms with Gasteiger partial charge < -0.3 is 5.73 Å². The summed E-state index contributed by atoms with van der Waals surface area (Å²) >= 11 is 0. The van der Waals surface area contributed by atoms with Crippen LogP contribution in [0.1, 0.15) is 40.0 Å². The normalized spacial score (nSPS) is 23.1. The summed E-state index contributed by atoms with van der Waals surface area (Å²) in [5.74, 6) is -0.116. The van der Waals surface area contributed by atoms with E-state index in [1.807, 2.05) is 20.8 Å². The van der Waals surface area contributed by atoms with Crippen LogP contribution in [0.15, 0.2) is 0 Å². The molecule has 0 saturated carbocycles. The number of carbonyl (C=O) groups excluding carboxylic acids is 2. The second-order valence-corrected chi connectivity index (χ2v) is 5.10. The lowest BCUT2D eigenvalue weighted by molar-refractivity contribution is -0.155. The summed E-state index contributed by atoms with van der Waals surface area (Å²) in [6.45, 7) is 6.28. The lowest BCUT2D eigenvalue weighted by Crippen LogP contribution is -2.50. The monoisotopic (exact) mass is 212 g/mol. The van der Waals surface area contributed by atoms with Gasteiger partial charge in [0.2, 0.25) is 11.8 Å². The minimum absolute atomic E-state index is 0.0581. The van der Waals surface area contributed by atoms with Gasteiger partial charge in [0.05, 0.1) is 0 Å². The van der Waals surface area contributed by atoms with Crippen molar-refractivity contribution in [2.45, 2.75) is 46.1 Å². The van der Waals surface area contributed by atoms with Crippen LogP contribution in [0.5, 0.6) is 0 Å². The first-order valence-electron chi connectivity index (χ1n) is 5.42. The largest absolute Gasteiger partial charge is 0.330 e. The van der Waals surface area contributed by atoms with Crippen molar-refractivity contribution in [3.63, 3.8) is 0 Å². The number of amides is 2. The van der Waals surface area contributed by atoms with Gasteiger partial charge in [-0.1, -0.05) is 13.8 Å². The van der Waals surface area contributed by atoms with E-state index in [9.17, 15) is 9.59 Å². The van der Waals surface area contributed by atoms with E-state index >= 15 is 0 Å². The van der Waals surface area contributed by atoms with Crippen LogP contribution in [0.2, 0.25) is 0 Å². The number of piperidine rings is 1. The Labute approximate surface area is 90.8 Å². The molecule has 1 rings (SSSR count). The molecule has 2 amide bonds. The smallest absolute Gasteiger partial charge is 0.229 e. The molecule has 4 nitrogen and oxygen atoms in total. The van der Waals surface area contributed by atoms with Crippen LogP contribution >= 0.6 is 0 Å². The van der Waals surface area contributed by atoms with Crippen LogP contribution in [0.25, 0.3) is 0 Å². The van der Waals surface area contributed by atoms with Crippen molar-refractivity contribution in [3.05, 3.63) is 0 Å². The first kappa shape index (κ1) is 12.2. The summed E-state index contributed by atoms with van der Waals surface area (Å²) < 4.78 is 0. The molecule has 2 N–H and O–H groups in total. The van der Waals surface area contributed by atoms with Crippen LogP contribution in [0, 0.1) is 5.41 Å². The summed E-state index contributed by atoms with van der Waals surface area (Å²) in [4.78, 5) is 25.0. The van der Waals surface area contributed by atoms with Gasteiger partial charge in [0.25, 0.3) is 0 Å². The zero-order valence-electron chi connectivity index (χ0n) is 9.75. The Morgan fingerprint density at radius 2 is 1.80 bits per heavy atom. The van der Waals surface area contributed by atoms with Gasteiger partial charge in [-0.15, -0.1) is 0 Å². The molecule has 0 bridgehead atoms. The van der Waals surface area contributed by atoms with Gasteiger partial charge in [-0.3, -0.25) is 14.5 Å². The van der Waals surface area contributed by atoms with E-state index in [1.165, 1.54) is 4.90 Å². The zero-order valence-corrected chi connectivity index (χ0v) is 9.75. The molecule has 1 aliphatic heterocycles. The average molecular weight is 212 g/mol. The summed E-state index contributed by atoms with van der Waals surface area (Å²) in [5.41, 5.74) is 5.24. The Morgan fingerprint density at radius 3 is 2.20 bits per heavy atom. The molecule has 1 aliphatic rings. The lowest BCUT2D eigenvalue weighted by Gasteiger charge is -2.37. The van der Waals surface area contributed by atoms with Crippen molar-refractivity contribution in [2.24, 2.45) is 11.1 Å². The van der Waals surface area contributed by atoms with Crippen molar-refractivity contribution in [1.82, 2.24) is 4.90 Å². The van der Waals surface area contributed by atoms with Crippen molar-refractivity contribution in [2.75, 3.05) is 6.54 Å². The number of imide groups is 1. The zero-order chi connectivity index (χ0) is 11.6. The molecule has 1 atom stereocenters. The van der Waals surface area contributed by atoms with Gasteiger partial charge in [-0.25, -0.2) is 0 Å². The number of hydrogen-bond acceptors (Lipinski definition) is 3. The van der Waals surface area contributed by atoms with Crippen LogP contribution < -0.4 is 5.73 Å². The summed E-state index contributed by atoms with van der Waals surface area (Å²) in [5, 5.41) is 0. The molecule has 0 aliphatic carbocycles. The Bertz CT molecular complexity index is 254. The molecule has 0 spiro atoms. The molecule has 0 aromatic rings. The molecular formula is C11H20N2O2. The molecule has 1 heterocycles. The molecule has 1 unspecified atom stereocenters. The van der Waals surface area contributed by atoms with E-state index in [4.69, 9.17) is 5.73 Å². The predicted octanol–water partition coefficient (Wildman–Crippen LogP) is 0.899. The second-order valence-electron chi connectivity index (χ2n) is 5.10. The Kier molecular flexibility index (Phi) is 3.50. The fourth-order valence-corrected chi connectivity index (χ4v) is 2.05. The summed E-state index contributed by atoms with van der Waals surface area (Å²) in [7, 11) is 0. The lowest BCUT2D eigenvalue weighted by atomic mass is 9.81. The van der Waals surface area contributed by atoms with Crippen LogP contribution in [-0.2, 0) is 9.59 Å². The minimum Gasteiger partial charge on any atom is -0.330 e. The third kappa shape index (κ3) is 2.78. The molecule has 15 heavy (non-hydrogen) atoms. The fourth-order valence-electron chi connectivity index (χ4n) is 2.05. The van der Waals surface area contributed by atoms with Gasteiger partial charge in [0.1, 0.15) is 0 Å². The minimum atomic E-state index is -0.187. The quantitative estimate of drug-likeness (QED) is 0.707. The Hall–Kier alpha value is -0.900. The highest BCUT2D eigenvalue weighted by molar-refractivity contribution is 5.98. The van der Waals surface area contributed by atoms with E-state index in [0.717, 1.165) is 0 Å². The number of likely N-dealkylation sites (tertiary alicyclic amines) is 1. The standard InChI is InChI=1S/C11H20N2O2/c1-8(4-5-12)13-9(14)6-11(2,3)7-10(13)15/h8H,4-7,12H2,1-3H3. The van der Waals surface area contributed by atoms with E-state index in [1.54, 1.807) is 0 Å². The number of carbonyl (C=O) groups is 2. The maximum absolute atomic E-state index is 11.8. The van der Waals surface area contributed by atoms with Crippen molar-refractivity contribution in [1.29, 1.82) is 0 Å². The number of nitrogens with two attached hydrogens (primary N) is 1. The SMILES string of the molecule is CC(CCN)N1C(=O)CC(C)(C)CC1=O. The molecule has 1 fully saturated rings. The molecule has 4 heteroatoms. The van der Waals surface area contributed by atoms with Gasteiger partial charge in [0.15, 0.2) is 0 Å². The molecule has 86 valence electrons. The molecule has 1 saturated heterocycles. The highest BCUT2D eigenvalue weighted by Gasteiger charge is 2.39. The maximum Gasteiger partial charge on any atom is 0.229 e. The molecular weight excluding hydrogens is 192 g/mol. The first-order chi connectivity index (χ1) is 6.87. The number of nitrogens with zero attached hydrogens (tertiary/aromatic N) is 1. The predicted molar refractivity (Wildman–Crippen MR) is 58.0 cm³/mol. The maximum atomic E-state index is 11.8. The number of rotatable bonds is 3. The molecule has 0 aromatic heterocycles. The fraction of sp³-hybridized carbons (Fsp3) is 0.818. The van der Waals surface area contributed by atoms with E-state index in [2.05, 4.69) is 0 Å². The van der Waals surface area contributed by atoms with Gasteiger partial charge in [-0.2, -0.15) is 0 Å². The topological polar surface area (TPSA) is 63.4 Å². The molecule has 0 radical (unpaired) electrons. The van der Waals surface area contributed by atoms with Crippen molar-refractivity contribution >= 4 is 11.8 Å². The highest BCUT2D eigenvalue weighted by atomic mass is 16.2.